The van der Waals surface area contributed by atoms with Crippen LogP contribution in [0, 0.1) is 0 Å². The number of ether oxygens (including phenoxy) is 2. The number of carbonyl (C=O) groups is 1. The van der Waals surface area contributed by atoms with E-state index < -0.39 is 0 Å². The van der Waals surface area contributed by atoms with Crippen molar-refractivity contribution < 1.29 is 23.9 Å². The van der Waals surface area contributed by atoms with Crippen LogP contribution in [0.1, 0.15) is 44.4 Å². The molecule has 1 aliphatic heterocycles. The van der Waals surface area contributed by atoms with Crippen LogP contribution in [0.25, 0.3) is 11.5 Å². The Bertz CT molecular complexity index is 718. The topological polar surface area (TPSA) is 97.9 Å². The summed E-state index contributed by atoms with van der Waals surface area (Å²) < 4.78 is 16.4. The highest BCUT2D eigenvalue weighted by molar-refractivity contribution is 5.60. The number of amides is 1. The summed E-state index contributed by atoms with van der Waals surface area (Å²) in [7, 11) is 0. The zero-order valence-corrected chi connectivity index (χ0v) is 14.1. The van der Waals surface area contributed by atoms with Crippen LogP contribution in [0.15, 0.2) is 22.6 Å². The molecule has 134 valence electrons. The molecule has 3 rings (SSSR count). The number of hydrogen-bond acceptors (Lipinski definition) is 7. The minimum Gasteiger partial charge on any atom is -0.454 e. The normalized spacial score (nSPS) is 13.7. The third kappa shape index (κ3) is 4.08. The molecule has 0 spiro atoms. The van der Waals surface area contributed by atoms with E-state index in [0.717, 1.165) is 31.2 Å². The summed E-state index contributed by atoms with van der Waals surface area (Å²) in [6, 6.07) is 5.40. The highest BCUT2D eigenvalue weighted by Gasteiger charge is 2.22. The molecule has 0 aliphatic carbocycles. The van der Waals surface area contributed by atoms with Gasteiger partial charge in [-0.2, -0.15) is 0 Å². The number of fused-ring (bicyclic) bond motifs is 1. The number of benzene rings is 1. The standard InChI is InChI=1S/C17H21N3O5/c1-2-3-4-5-13(9-20(22)10-21)17-19-18-16(25-17)12-6-7-14-15(8-12)24-11-23-14/h6-8,10,13,22H,2-5,9,11H2,1H3/t13-/m1/s1. The van der Waals surface area contributed by atoms with Gasteiger partial charge in [0.05, 0.1) is 12.5 Å². The minimum atomic E-state index is -0.211. The molecule has 0 bridgehead atoms. The van der Waals surface area contributed by atoms with Crippen LogP contribution in [-0.2, 0) is 4.79 Å². The predicted octanol–water partition coefficient (Wildman–Crippen LogP) is 2.98. The molecule has 2 heterocycles. The first-order chi connectivity index (χ1) is 12.2. The van der Waals surface area contributed by atoms with Crippen LogP contribution in [0.3, 0.4) is 0 Å². The molecule has 0 radical (unpaired) electrons. The molecule has 8 nitrogen and oxygen atoms in total. The number of carbonyl (C=O) groups excluding carboxylic acids is 1. The van der Waals surface area contributed by atoms with E-state index in [1.165, 1.54) is 0 Å². The first-order valence-corrected chi connectivity index (χ1v) is 8.35. The van der Waals surface area contributed by atoms with Gasteiger partial charge in [-0.3, -0.25) is 10.0 Å². The molecule has 1 atom stereocenters. The van der Waals surface area contributed by atoms with Crippen LogP contribution in [0.2, 0.25) is 0 Å². The maximum Gasteiger partial charge on any atom is 0.247 e. The third-order valence-electron chi connectivity index (χ3n) is 4.09. The van der Waals surface area contributed by atoms with Crippen molar-refractivity contribution in [2.75, 3.05) is 13.3 Å². The molecule has 1 aliphatic rings. The summed E-state index contributed by atoms with van der Waals surface area (Å²) in [5, 5.41) is 18.3. The second-order valence-corrected chi connectivity index (χ2v) is 5.93. The minimum absolute atomic E-state index is 0.121. The summed E-state index contributed by atoms with van der Waals surface area (Å²) in [4.78, 5) is 10.7. The lowest BCUT2D eigenvalue weighted by Gasteiger charge is -2.16. The molecule has 0 unspecified atom stereocenters. The van der Waals surface area contributed by atoms with Crippen molar-refractivity contribution in [1.29, 1.82) is 0 Å². The molecule has 0 saturated carbocycles. The van der Waals surface area contributed by atoms with Crippen LogP contribution in [-0.4, -0.2) is 40.2 Å². The van der Waals surface area contributed by atoms with Crippen molar-refractivity contribution in [3.63, 3.8) is 0 Å². The summed E-state index contributed by atoms with van der Waals surface area (Å²) in [6.45, 7) is 2.44. The van der Waals surface area contributed by atoms with Gasteiger partial charge in [0.25, 0.3) is 0 Å². The quantitative estimate of drug-likeness (QED) is 0.322. The van der Waals surface area contributed by atoms with E-state index in [1.54, 1.807) is 12.1 Å². The van der Waals surface area contributed by atoms with Gasteiger partial charge in [0.15, 0.2) is 11.5 Å². The third-order valence-corrected chi connectivity index (χ3v) is 4.09. The fraction of sp³-hybridized carbons (Fsp3) is 0.471. The molecular weight excluding hydrogens is 326 g/mol. The fourth-order valence-corrected chi connectivity index (χ4v) is 2.75. The number of nitrogens with zero attached hydrogens (tertiary/aromatic N) is 3. The van der Waals surface area contributed by atoms with E-state index in [0.29, 0.717) is 34.8 Å². The van der Waals surface area contributed by atoms with Crippen LogP contribution >= 0.6 is 0 Å². The Balaban J connectivity index is 1.77. The van der Waals surface area contributed by atoms with Gasteiger partial charge in [-0.05, 0) is 24.6 Å². The zero-order valence-electron chi connectivity index (χ0n) is 14.1. The van der Waals surface area contributed by atoms with Crippen molar-refractivity contribution in [2.24, 2.45) is 0 Å². The monoisotopic (exact) mass is 347 g/mol. The summed E-state index contributed by atoms with van der Waals surface area (Å²) in [5.74, 6) is 1.88. The largest absolute Gasteiger partial charge is 0.454 e. The Morgan fingerprint density at radius 2 is 2.12 bits per heavy atom. The average molecular weight is 347 g/mol. The lowest BCUT2D eigenvalue weighted by molar-refractivity contribution is -0.151. The highest BCUT2D eigenvalue weighted by atomic mass is 16.7. The first-order valence-electron chi connectivity index (χ1n) is 8.35. The van der Waals surface area contributed by atoms with Gasteiger partial charge in [0, 0.05) is 5.56 Å². The number of hydrogen-bond donors (Lipinski definition) is 1. The van der Waals surface area contributed by atoms with Gasteiger partial charge in [-0.15, -0.1) is 10.2 Å². The Morgan fingerprint density at radius 1 is 1.28 bits per heavy atom. The second kappa shape index (κ2) is 7.98. The van der Waals surface area contributed by atoms with E-state index in [2.05, 4.69) is 17.1 Å². The summed E-state index contributed by atoms with van der Waals surface area (Å²) in [5.41, 5.74) is 0.728. The van der Waals surface area contributed by atoms with Crippen molar-refractivity contribution in [2.45, 2.75) is 38.5 Å². The van der Waals surface area contributed by atoms with Gasteiger partial charge >= 0.3 is 0 Å². The first kappa shape index (κ1) is 17.2. The maximum absolute atomic E-state index is 10.7. The van der Waals surface area contributed by atoms with Crippen LogP contribution < -0.4 is 9.47 Å². The molecule has 1 aromatic carbocycles. The van der Waals surface area contributed by atoms with Crippen molar-refractivity contribution in [3.05, 3.63) is 24.1 Å². The predicted molar refractivity (Wildman–Crippen MR) is 87.3 cm³/mol. The SMILES string of the molecule is CCCCC[C@H](CN(O)C=O)c1nnc(-c2ccc3c(c2)OCO3)o1. The molecule has 1 aromatic heterocycles. The Morgan fingerprint density at radius 3 is 2.92 bits per heavy atom. The van der Waals surface area contributed by atoms with Crippen molar-refractivity contribution in [3.8, 4) is 23.0 Å². The molecule has 0 saturated heterocycles. The van der Waals surface area contributed by atoms with E-state index in [9.17, 15) is 10.0 Å². The van der Waals surface area contributed by atoms with Gasteiger partial charge in [0.2, 0.25) is 25.0 Å². The zero-order chi connectivity index (χ0) is 17.6. The maximum atomic E-state index is 10.7. The molecular formula is C17H21N3O5. The van der Waals surface area contributed by atoms with Gasteiger partial charge < -0.3 is 13.9 Å². The molecule has 1 N–H and O–H groups in total. The number of aromatic nitrogens is 2. The van der Waals surface area contributed by atoms with Gasteiger partial charge in [-0.25, -0.2) is 5.06 Å². The number of rotatable bonds is 9. The fourth-order valence-electron chi connectivity index (χ4n) is 2.75. The van der Waals surface area contributed by atoms with Crippen LogP contribution in [0.4, 0.5) is 0 Å². The molecule has 8 heteroatoms. The number of unbranched alkanes of at least 4 members (excludes halogenated alkanes) is 2. The van der Waals surface area contributed by atoms with Crippen molar-refractivity contribution >= 4 is 6.41 Å². The number of hydroxylamine groups is 2. The second-order valence-electron chi connectivity index (χ2n) is 5.93. The van der Waals surface area contributed by atoms with Crippen molar-refractivity contribution in [1.82, 2.24) is 15.3 Å². The lowest BCUT2D eigenvalue weighted by Crippen LogP contribution is -2.24. The smallest absolute Gasteiger partial charge is 0.247 e. The Kier molecular flexibility index (Phi) is 5.49. The lowest BCUT2D eigenvalue weighted by atomic mass is 10.0. The van der Waals surface area contributed by atoms with Gasteiger partial charge in [-0.1, -0.05) is 26.2 Å². The summed E-state index contributed by atoms with van der Waals surface area (Å²) in [6.07, 6.45) is 4.22. The van der Waals surface area contributed by atoms with E-state index in [4.69, 9.17) is 13.9 Å². The van der Waals surface area contributed by atoms with Crippen LogP contribution in [0.5, 0.6) is 11.5 Å². The molecule has 1 amide bonds. The Labute approximate surface area is 145 Å². The molecule has 25 heavy (non-hydrogen) atoms. The highest BCUT2D eigenvalue weighted by Crippen LogP contribution is 2.36. The van der Waals surface area contributed by atoms with E-state index in [-0.39, 0.29) is 19.3 Å². The molecule has 0 fully saturated rings. The summed E-state index contributed by atoms with van der Waals surface area (Å²) >= 11 is 0. The van der Waals surface area contributed by atoms with E-state index >= 15 is 0 Å². The molecule has 2 aromatic rings. The average Bonchev–Trinajstić information content (AvgIpc) is 3.29. The van der Waals surface area contributed by atoms with E-state index in [1.807, 2.05) is 6.07 Å². The Hall–Kier alpha value is -2.61. The van der Waals surface area contributed by atoms with Gasteiger partial charge in [0.1, 0.15) is 0 Å².